The standard InChI is InChI=1S/C18H33N3/c1-4-10-19-14-16-8-7-15(6-3)13-17(16)18-9-11-20-21(18)12-5-2/h9,11,15-17,19H,4-8,10,12-14H2,1-3H3. The molecule has 120 valence electrons. The molecule has 3 heteroatoms. The van der Waals surface area contributed by atoms with Crippen molar-refractivity contribution in [3.63, 3.8) is 0 Å². The third kappa shape index (κ3) is 4.32. The van der Waals surface area contributed by atoms with Crippen molar-refractivity contribution in [1.29, 1.82) is 0 Å². The predicted octanol–water partition coefficient (Wildman–Crippen LogP) is 4.20. The fourth-order valence-corrected chi connectivity index (χ4v) is 3.82. The van der Waals surface area contributed by atoms with E-state index in [4.69, 9.17) is 0 Å². The molecule has 2 rings (SSSR count). The van der Waals surface area contributed by atoms with E-state index in [9.17, 15) is 0 Å². The second-order valence-corrected chi connectivity index (χ2v) is 6.64. The molecule has 3 unspecified atom stereocenters. The number of nitrogens with zero attached hydrogens (tertiary/aromatic N) is 2. The highest BCUT2D eigenvalue weighted by atomic mass is 15.3. The topological polar surface area (TPSA) is 29.9 Å². The minimum atomic E-state index is 0.696. The van der Waals surface area contributed by atoms with Crippen LogP contribution in [0.3, 0.4) is 0 Å². The Morgan fingerprint density at radius 3 is 2.81 bits per heavy atom. The molecule has 1 N–H and O–H groups in total. The number of nitrogens with one attached hydrogen (secondary N) is 1. The highest BCUT2D eigenvalue weighted by Gasteiger charge is 2.32. The summed E-state index contributed by atoms with van der Waals surface area (Å²) >= 11 is 0. The van der Waals surface area contributed by atoms with Crippen LogP contribution < -0.4 is 5.32 Å². The van der Waals surface area contributed by atoms with Crippen LogP contribution in [0.4, 0.5) is 0 Å². The molecular weight excluding hydrogens is 258 g/mol. The van der Waals surface area contributed by atoms with Crippen molar-refractivity contribution < 1.29 is 0 Å². The van der Waals surface area contributed by atoms with Crippen molar-refractivity contribution in [3.8, 4) is 0 Å². The van der Waals surface area contributed by atoms with Gasteiger partial charge in [-0.1, -0.05) is 33.6 Å². The van der Waals surface area contributed by atoms with E-state index in [0.29, 0.717) is 5.92 Å². The Morgan fingerprint density at radius 1 is 1.24 bits per heavy atom. The third-order valence-corrected chi connectivity index (χ3v) is 5.08. The van der Waals surface area contributed by atoms with Crippen molar-refractivity contribution in [2.24, 2.45) is 11.8 Å². The molecule has 0 aromatic carbocycles. The molecule has 0 spiro atoms. The summed E-state index contributed by atoms with van der Waals surface area (Å²) in [7, 11) is 0. The summed E-state index contributed by atoms with van der Waals surface area (Å²) in [5, 5.41) is 8.21. The van der Waals surface area contributed by atoms with E-state index >= 15 is 0 Å². The molecule has 0 radical (unpaired) electrons. The lowest BCUT2D eigenvalue weighted by Gasteiger charge is -2.36. The quantitative estimate of drug-likeness (QED) is 0.727. The molecule has 0 saturated heterocycles. The molecule has 1 aromatic rings. The minimum absolute atomic E-state index is 0.696. The Balaban J connectivity index is 2.10. The van der Waals surface area contributed by atoms with Crippen molar-refractivity contribution in [1.82, 2.24) is 15.1 Å². The van der Waals surface area contributed by atoms with E-state index in [-0.39, 0.29) is 0 Å². The molecular formula is C18H33N3. The lowest BCUT2D eigenvalue weighted by atomic mass is 9.71. The Morgan fingerprint density at radius 2 is 2.10 bits per heavy atom. The van der Waals surface area contributed by atoms with Gasteiger partial charge >= 0.3 is 0 Å². The van der Waals surface area contributed by atoms with Crippen molar-refractivity contribution >= 4 is 0 Å². The Labute approximate surface area is 130 Å². The maximum absolute atomic E-state index is 4.56. The van der Waals surface area contributed by atoms with Crippen LogP contribution in [-0.4, -0.2) is 22.9 Å². The number of hydrogen-bond acceptors (Lipinski definition) is 2. The van der Waals surface area contributed by atoms with Gasteiger partial charge in [0.05, 0.1) is 0 Å². The Kier molecular flexibility index (Phi) is 6.75. The van der Waals surface area contributed by atoms with E-state index in [0.717, 1.165) is 31.3 Å². The first-order valence-corrected chi connectivity index (χ1v) is 9.02. The zero-order valence-electron chi connectivity index (χ0n) is 14.1. The molecule has 1 aliphatic carbocycles. The summed E-state index contributed by atoms with van der Waals surface area (Å²) < 4.78 is 2.26. The predicted molar refractivity (Wildman–Crippen MR) is 89.5 cm³/mol. The van der Waals surface area contributed by atoms with Gasteiger partial charge in [0.15, 0.2) is 0 Å². The zero-order chi connectivity index (χ0) is 15.1. The second kappa shape index (κ2) is 8.57. The smallest absolute Gasteiger partial charge is 0.0492 e. The van der Waals surface area contributed by atoms with Gasteiger partial charge in [0.25, 0.3) is 0 Å². The fourth-order valence-electron chi connectivity index (χ4n) is 3.82. The lowest BCUT2D eigenvalue weighted by Crippen LogP contribution is -2.33. The van der Waals surface area contributed by atoms with Crippen LogP contribution in [0.1, 0.15) is 70.9 Å². The van der Waals surface area contributed by atoms with E-state index in [1.807, 2.05) is 6.20 Å². The normalized spacial score (nSPS) is 26.1. The zero-order valence-corrected chi connectivity index (χ0v) is 14.1. The van der Waals surface area contributed by atoms with Gasteiger partial charge in [0, 0.05) is 24.4 Å². The van der Waals surface area contributed by atoms with Gasteiger partial charge in [-0.15, -0.1) is 0 Å². The maximum Gasteiger partial charge on any atom is 0.0492 e. The van der Waals surface area contributed by atoms with E-state index in [1.54, 1.807) is 0 Å². The van der Waals surface area contributed by atoms with Gasteiger partial charge in [-0.2, -0.15) is 5.10 Å². The minimum Gasteiger partial charge on any atom is -0.316 e. The largest absolute Gasteiger partial charge is 0.316 e. The molecule has 1 heterocycles. The van der Waals surface area contributed by atoms with Gasteiger partial charge < -0.3 is 5.32 Å². The number of aryl methyl sites for hydroxylation is 1. The summed E-state index contributed by atoms with van der Waals surface area (Å²) in [6, 6.07) is 2.27. The van der Waals surface area contributed by atoms with Crippen LogP contribution in [0.25, 0.3) is 0 Å². The first kappa shape index (κ1) is 16.5. The molecule has 0 aliphatic heterocycles. The van der Waals surface area contributed by atoms with Gasteiger partial charge in [0.2, 0.25) is 0 Å². The van der Waals surface area contributed by atoms with Crippen LogP contribution in [0.2, 0.25) is 0 Å². The molecule has 1 aromatic heterocycles. The molecule has 1 saturated carbocycles. The van der Waals surface area contributed by atoms with E-state index in [2.05, 4.69) is 41.9 Å². The second-order valence-electron chi connectivity index (χ2n) is 6.64. The summed E-state index contributed by atoms with van der Waals surface area (Å²) in [4.78, 5) is 0. The first-order valence-electron chi connectivity index (χ1n) is 9.02. The monoisotopic (exact) mass is 291 g/mol. The molecule has 1 fully saturated rings. The molecule has 3 atom stereocenters. The van der Waals surface area contributed by atoms with Crippen molar-refractivity contribution in [2.75, 3.05) is 13.1 Å². The summed E-state index contributed by atoms with van der Waals surface area (Å²) in [5.74, 6) is 2.39. The van der Waals surface area contributed by atoms with E-state index < -0.39 is 0 Å². The van der Waals surface area contributed by atoms with Crippen LogP contribution in [0.5, 0.6) is 0 Å². The van der Waals surface area contributed by atoms with Gasteiger partial charge in [0.1, 0.15) is 0 Å². The third-order valence-electron chi connectivity index (χ3n) is 5.08. The Hall–Kier alpha value is -0.830. The lowest BCUT2D eigenvalue weighted by molar-refractivity contribution is 0.217. The number of aromatic nitrogens is 2. The average molecular weight is 291 g/mol. The molecule has 21 heavy (non-hydrogen) atoms. The van der Waals surface area contributed by atoms with Crippen LogP contribution in [0, 0.1) is 11.8 Å². The van der Waals surface area contributed by atoms with Gasteiger partial charge in [-0.3, -0.25) is 4.68 Å². The average Bonchev–Trinajstić information content (AvgIpc) is 2.96. The van der Waals surface area contributed by atoms with Gasteiger partial charge in [-0.25, -0.2) is 0 Å². The number of hydrogen-bond donors (Lipinski definition) is 1. The molecule has 0 bridgehead atoms. The van der Waals surface area contributed by atoms with Crippen LogP contribution in [-0.2, 0) is 6.54 Å². The summed E-state index contributed by atoms with van der Waals surface area (Å²) in [5.41, 5.74) is 1.48. The summed E-state index contributed by atoms with van der Waals surface area (Å²) in [6.07, 6.45) is 9.85. The first-order chi connectivity index (χ1) is 10.3. The molecule has 0 amide bonds. The summed E-state index contributed by atoms with van der Waals surface area (Å²) in [6.45, 7) is 10.2. The van der Waals surface area contributed by atoms with Gasteiger partial charge in [-0.05, 0) is 56.7 Å². The molecule has 1 aliphatic rings. The maximum atomic E-state index is 4.56. The van der Waals surface area contributed by atoms with E-state index in [1.165, 1.54) is 44.3 Å². The highest BCUT2D eigenvalue weighted by Crippen LogP contribution is 2.41. The van der Waals surface area contributed by atoms with Crippen molar-refractivity contribution in [3.05, 3.63) is 18.0 Å². The molecule has 3 nitrogen and oxygen atoms in total. The fraction of sp³-hybridized carbons (Fsp3) is 0.833. The van der Waals surface area contributed by atoms with Crippen molar-refractivity contribution in [2.45, 2.75) is 71.8 Å². The highest BCUT2D eigenvalue weighted by molar-refractivity contribution is 5.11. The van der Waals surface area contributed by atoms with Crippen LogP contribution >= 0.6 is 0 Å². The van der Waals surface area contributed by atoms with Crippen LogP contribution in [0.15, 0.2) is 12.3 Å². The SMILES string of the molecule is CCCNCC1CCC(CC)CC1c1ccnn1CCC. The Bertz CT molecular complexity index is 397. The number of rotatable bonds is 8.